The Morgan fingerprint density at radius 2 is 2.16 bits per heavy atom. The fraction of sp³-hybridized carbons (Fsp3) is 0.286. The maximum absolute atomic E-state index is 13.1. The third-order valence-electron chi connectivity index (χ3n) is 3.01. The van der Waals surface area contributed by atoms with Crippen LogP contribution in [0.3, 0.4) is 0 Å². The topological polar surface area (TPSA) is 38.0 Å². The molecule has 1 aromatic heterocycles. The smallest absolute Gasteiger partial charge is 0.124 e. The van der Waals surface area contributed by atoms with Crippen LogP contribution in [0.25, 0.3) is 0 Å². The molecule has 0 saturated heterocycles. The van der Waals surface area contributed by atoms with E-state index in [4.69, 9.17) is 5.84 Å². The first-order valence-electron chi connectivity index (χ1n) is 6.12. The first-order chi connectivity index (χ1) is 9.13. The molecule has 0 saturated carbocycles. The summed E-state index contributed by atoms with van der Waals surface area (Å²) in [5.41, 5.74) is 3.88. The summed E-state index contributed by atoms with van der Waals surface area (Å²) in [5.74, 6) is 5.41. The lowest BCUT2D eigenvalue weighted by molar-refractivity contribution is 0.558. The number of nitrogens with one attached hydrogen (secondary N) is 1. The molecule has 1 unspecified atom stereocenters. The summed E-state index contributed by atoms with van der Waals surface area (Å²) in [4.78, 5) is 2.55. The molecule has 1 heterocycles. The highest BCUT2D eigenvalue weighted by atomic mass is 79.9. The second kappa shape index (κ2) is 6.61. The van der Waals surface area contributed by atoms with Crippen LogP contribution in [0.2, 0.25) is 0 Å². The molecular weight excluding hydrogens is 327 g/mol. The maximum Gasteiger partial charge on any atom is 0.124 e. The summed E-state index contributed by atoms with van der Waals surface area (Å²) >= 11 is 5.15. The van der Waals surface area contributed by atoms with Crippen LogP contribution in [0.1, 0.15) is 28.3 Å². The molecule has 2 nitrogen and oxygen atoms in total. The zero-order valence-electron chi connectivity index (χ0n) is 10.6. The van der Waals surface area contributed by atoms with Crippen LogP contribution in [0.4, 0.5) is 4.39 Å². The molecule has 0 radical (unpaired) electrons. The largest absolute Gasteiger partial charge is 0.271 e. The van der Waals surface area contributed by atoms with E-state index in [-0.39, 0.29) is 11.9 Å². The van der Waals surface area contributed by atoms with Gasteiger partial charge in [-0.25, -0.2) is 4.39 Å². The van der Waals surface area contributed by atoms with E-state index in [0.29, 0.717) is 0 Å². The molecule has 0 spiro atoms. The summed E-state index contributed by atoms with van der Waals surface area (Å²) in [7, 11) is 0. The predicted molar refractivity (Wildman–Crippen MR) is 81.6 cm³/mol. The number of halogens is 2. The van der Waals surface area contributed by atoms with E-state index in [9.17, 15) is 4.39 Å². The molecule has 0 aliphatic rings. The molecule has 0 fully saturated rings. The van der Waals surface area contributed by atoms with E-state index < -0.39 is 0 Å². The van der Waals surface area contributed by atoms with Gasteiger partial charge in [-0.3, -0.25) is 11.3 Å². The number of nitrogens with two attached hydrogens (primary N) is 1. The lowest BCUT2D eigenvalue weighted by Crippen LogP contribution is -2.29. The van der Waals surface area contributed by atoms with Crippen molar-refractivity contribution in [3.8, 4) is 0 Å². The van der Waals surface area contributed by atoms with Crippen molar-refractivity contribution in [2.45, 2.75) is 25.8 Å². The third kappa shape index (κ3) is 3.63. The molecule has 102 valence electrons. The molecule has 3 N–H and O–H groups in total. The Hall–Kier alpha value is -0.750. The summed E-state index contributed by atoms with van der Waals surface area (Å²) in [6.45, 7) is 2.14. The van der Waals surface area contributed by atoms with Crippen LogP contribution in [0.5, 0.6) is 0 Å². The minimum absolute atomic E-state index is 0.0482. The van der Waals surface area contributed by atoms with Gasteiger partial charge in [0.1, 0.15) is 5.82 Å². The van der Waals surface area contributed by atoms with Crippen molar-refractivity contribution in [1.29, 1.82) is 0 Å². The van der Waals surface area contributed by atoms with E-state index in [2.05, 4.69) is 40.4 Å². The summed E-state index contributed by atoms with van der Waals surface area (Å²) in [5, 5.41) is 0. The Kier molecular flexibility index (Phi) is 5.10. The Morgan fingerprint density at radius 3 is 2.74 bits per heavy atom. The van der Waals surface area contributed by atoms with Gasteiger partial charge in [-0.15, -0.1) is 11.3 Å². The van der Waals surface area contributed by atoms with Crippen LogP contribution in [0, 0.1) is 5.82 Å². The standard InChI is InChI=1S/C14H16BrFN2S/c1-2-11-5-6-14(19-11)13(18-17)7-9-3-4-10(16)8-12(9)15/h3-6,8,13,18H,2,7,17H2,1H3. The van der Waals surface area contributed by atoms with E-state index in [1.807, 2.05) is 0 Å². The number of benzene rings is 1. The van der Waals surface area contributed by atoms with Gasteiger partial charge in [0.05, 0.1) is 6.04 Å². The zero-order chi connectivity index (χ0) is 13.8. The molecule has 19 heavy (non-hydrogen) atoms. The molecule has 5 heteroatoms. The highest BCUT2D eigenvalue weighted by molar-refractivity contribution is 9.10. The molecule has 1 aromatic carbocycles. The SMILES string of the molecule is CCc1ccc(C(Cc2ccc(F)cc2Br)NN)s1. The van der Waals surface area contributed by atoms with Crippen LogP contribution >= 0.6 is 27.3 Å². The molecule has 0 aliphatic heterocycles. The van der Waals surface area contributed by atoms with Gasteiger partial charge < -0.3 is 0 Å². The first kappa shape index (κ1) is 14.7. The van der Waals surface area contributed by atoms with Crippen LogP contribution in [-0.4, -0.2) is 0 Å². The Bertz CT molecular complexity index is 556. The fourth-order valence-electron chi connectivity index (χ4n) is 1.92. The quantitative estimate of drug-likeness (QED) is 0.637. The molecule has 0 bridgehead atoms. The molecule has 1 atom stereocenters. The normalized spacial score (nSPS) is 12.6. The predicted octanol–water partition coefficient (Wildman–Crippen LogP) is 3.96. The van der Waals surface area contributed by atoms with Gasteiger partial charge in [-0.05, 0) is 42.7 Å². The Morgan fingerprint density at radius 1 is 1.37 bits per heavy atom. The van der Waals surface area contributed by atoms with E-state index in [1.54, 1.807) is 17.4 Å². The lowest BCUT2D eigenvalue weighted by atomic mass is 10.1. The number of hydrogen-bond donors (Lipinski definition) is 2. The molecule has 2 aromatic rings. The second-order valence-electron chi connectivity index (χ2n) is 4.32. The van der Waals surface area contributed by atoms with Crippen molar-refractivity contribution in [2.24, 2.45) is 5.84 Å². The average molecular weight is 343 g/mol. The van der Waals surface area contributed by atoms with Crippen LogP contribution < -0.4 is 11.3 Å². The van der Waals surface area contributed by atoms with Crippen molar-refractivity contribution in [1.82, 2.24) is 5.43 Å². The van der Waals surface area contributed by atoms with E-state index in [1.165, 1.54) is 21.9 Å². The molecular formula is C14H16BrFN2S. The Balaban J connectivity index is 2.18. The number of hydrogen-bond acceptors (Lipinski definition) is 3. The van der Waals surface area contributed by atoms with Gasteiger partial charge >= 0.3 is 0 Å². The van der Waals surface area contributed by atoms with Gasteiger partial charge in [0.2, 0.25) is 0 Å². The van der Waals surface area contributed by atoms with Crippen LogP contribution in [-0.2, 0) is 12.8 Å². The van der Waals surface area contributed by atoms with Gasteiger partial charge in [0.15, 0.2) is 0 Å². The summed E-state index contributed by atoms with van der Waals surface area (Å²) < 4.78 is 13.8. The van der Waals surface area contributed by atoms with Crippen molar-refractivity contribution >= 4 is 27.3 Å². The molecule has 0 aliphatic carbocycles. The first-order valence-corrected chi connectivity index (χ1v) is 7.73. The highest BCUT2D eigenvalue weighted by Crippen LogP contribution is 2.28. The van der Waals surface area contributed by atoms with Gasteiger partial charge in [0.25, 0.3) is 0 Å². The van der Waals surface area contributed by atoms with Crippen molar-refractivity contribution in [3.63, 3.8) is 0 Å². The molecule has 2 rings (SSSR count). The zero-order valence-corrected chi connectivity index (χ0v) is 13.0. The minimum Gasteiger partial charge on any atom is -0.271 e. The molecule has 0 amide bonds. The van der Waals surface area contributed by atoms with Crippen molar-refractivity contribution in [2.75, 3.05) is 0 Å². The third-order valence-corrected chi connectivity index (χ3v) is 5.10. The van der Waals surface area contributed by atoms with Crippen molar-refractivity contribution in [3.05, 3.63) is 55.9 Å². The second-order valence-corrected chi connectivity index (χ2v) is 6.37. The summed E-state index contributed by atoms with van der Waals surface area (Å²) in [6.07, 6.45) is 1.75. The minimum atomic E-state index is -0.239. The fourth-order valence-corrected chi connectivity index (χ4v) is 3.45. The van der Waals surface area contributed by atoms with Crippen LogP contribution in [0.15, 0.2) is 34.8 Å². The summed E-state index contributed by atoms with van der Waals surface area (Å²) in [6, 6.07) is 9.02. The van der Waals surface area contributed by atoms with E-state index in [0.717, 1.165) is 22.9 Å². The number of thiophene rings is 1. The van der Waals surface area contributed by atoms with Gasteiger partial charge in [-0.2, -0.15) is 0 Å². The number of hydrazine groups is 1. The number of rotatable bonds is 5. The number of aryl methyl sites for hydroxylation is 1. The average Bonchev–Trinajstić information content (AvgIpc) is 2.86. The lowest BCUT2D eigenvalue weighted by Gasteiger charge is -2.15. The van der Waals surface area contributed by atoms with Gasteiger partial charge in [-0.1, -0.05) is 28.9 Å². The van der Waals surface area contributed by atoms with Gasteiger partial charge in [0, 0.05) is 14.2 Å². The monoisotopic (exact) mass is 342 g/mol. The van der Waals surface area contributed by atoms with E-state index >= 15 is 0 Å². The highest BCUT2D eigenvalue weighted by Gasteiger charge is 2.14. The maximum atomic E-state index is 13.1. The Labute approximate surface area is 124 Å². The van der Waals surface area contributed by atoms with Crippen molar-refractivity contribution < 1.29 is 4.39 Å².